The Morgan fingerprint density at radius 2 is 1.75 bits per heavy atom. The average Bonchev–Trinajstić information content (AvgIpc) is 2.96. The standard InChI is InChI=1S/C31H38ClN5O3/c1-3-40-31(25-9-11-26(32)12-10-25)15-19-37(20-16-31)22-28(39)14-13-27-21-29(34-18-17-33-23(2)38)36-30(35-27)24-7-5-4-6-8-24/h4-12,21H,3,13-20,22H2,1-2H3,(H,33,38)(H,34,35,36). The van der Waals surface area contributed by atoms with Crippen LogP contribution in [0.5, 0.6) is 0 Å². The monoisotopic (exact) mass is 563 g/mol. The van der Waals surface area contributed by atoms with Gasteiger partial charge in [-0.2, -0.15) is 0 Å². The fourth-order valence-electron chi connectivity index (χ4n) is 5.08. The van der Waals surface area contributed by atoms with Crippen molar-refractivity contribution in [2.45, 2.75) is 45.1 Å². The SMILES string of the molecule is CCOC1(c2ccc(Cl)cc2)CCN(CC(=O)CCc2cc(NCCNC(C)=O)nc(-c3ccccc3)n2)CC1. The van der Waals surface area contributed by atoms with E-state index in [2.05, 4.69) is 20.5 Å². The topological polar surface area (TPSA) is 96.5 Å². The number of rotatable bonds is 13. The summed E-state index contributed by atoms with van der Waals surface area (Å²) in [4.78, 5) is 35.8. The molecule has 3 aromatic rings. The number of nitrogens with one attached hydrogen (secondary N) is 2. The summed E-state index contributed by atoms with van der Waals surface area (Å²) in [5, 5.41) is 6.75. The highest BCUT2D eigenvalue weighted by atomic mass is 35.5. The molecule has 212 valence electrons. The molecule has 0 atom stereocenters. The van der Waals surface area contributed by atoms with E-state index < -0.39 is 0 Å². The summed E-state index contributed by atoms with van der Waals surface area (Å²) in [6.45, 7) is 7.19. The number of nitrogens with zero attached hydrogens (tertiary/aromatic N) is 3. The van der Waals surface area contributed by atoms with Gasteiger partial charge >= 0.3 is 0 Å². The zero-order valence-electron chi connectivity index (χ0n) is 23.3. The number of carbonyl (C=O) groups is 2. The number of piperidine rings is 1. The summed E-state index contributed by atoms with van der Waals surface area (Å²) < 4.78 is 6.27. The van der Waals surface area contributed by atoms with Gasteiger partial charge in [0.15, 0.2) is 5.82 Å². The lowest BCUT2D eigenvalue weighted by Gasteiger charge is -2.41. The number of aromatic nitrogens is 2. The molecule has 0 aliphatic carbocycles. The first-order valence-electron chi connectivity index (χ1n) is 13.9. The molecule has 0 unspecified atom stereocenters. The molecule has 2 heterocycles. The van der Waals surface area contributed by atoms with Crippen LogP contribution < -0.4 is 10.6 Å². The molecule has 4 rings (SSSR count). The zero-order chi connectivity index (χ0) is 28.4. The third-order valence-electron chi connectivity index (χ3n) is 7.13. The first-order chi connectivity index (χ1) is 19.4. The maximum absolute atomic E-state index is 13.0. The zero-order valence-corrected chi connectivity index (χ0v) is 24.0. The van der Waals surface area contributed by atoms with Crippen molar-refractivity contribution in [1.82, 2.24) is 20.2 Å². The first kappa shape index (κ1) is 29.6. The lowest BCUT2D eigenvalue weighted by molar-refractivity contribution is -0.123. The van der Waals surface area contributed by atoms with E-state index >= 15 is 0 Å². The van der Waals surface area contributed by atoms with Crippen molar-refractivity contribution >= 4 is 29.1 Å². The number of hydrogen-bond donors (Lipinski definition) is 2. The van der Waals surface area contributed by atoms with Crippen LogP contribution in [0, 0.1) is 0 Å². The van der Waals surface area contributed by atoms with Crippen LogP contribution in [-0.2, 0) is 26.3 Å². The minimum absolute atomic E-state index is 0.0732. The van der Waals surface area contributed by atoms with Gasteiger partial charge in [0.1, 0.15) is 11.6 Å². The second kappa shape index (κ2) is 14.3. The second-order valence-electron chi connectivity index (χ2n) is 10.1. The quantitative estimate of drug-likeness (QED) is 0.286. The van der Waals surface area contributed by atoms with Gasteiger partial charge in [0, 0.05) is 68.5 Å². The highest BCUT2D eigenvalue weighted by Crippen LogP contribution is 2.37. The maximum Gasteiger partial charge on any atom is 0.216 e. The van der Waals surface area contributed by atoms with Crippen molar-refractivity contribution in [3.05, 3.63) is 76.9 Å². The van der Waals surface area contributed by atoms with Gasteiger partial charge in [-0.05, 0) is 43.9 Å². The molecule has 8 nitrogen and oxygen atoms in total. The molecule has 2 aromatic carbocycles. The predicted molar refractivity (Wildman–Crippen MR) is 158 cm³/mol. The van der Waals surface area contributed by atoms with Gasteiger partial charge < -0.3 is 15.4 Å². The number of anilines is 1. The number of Topliss-reactive ketones (excluding diaryl/α,β-unsaturated/α-hetero) is 1. The number of carbonyl (C=O) groups excluding carboxylic acids is 2. The molecule has 0 radical (unpaired) electrons. The van der Waals surface area contributed by atoms with Gasteiger partial charge in [-0.1, -0.05) is 54.1 Å². The Labute approximate surface area is 241 Å². The molecular formula is C31H38ClN5O3. The van der Waals surface area contributed by atoms with Gasteiger partial charge in [0.2, 0.25) is 5.91 Å². The van der Waals surface area contributed by atoms with Crippen molar-refractivity contribution in [2.75, 3.05) is 44.6 Å². The molecule has 0 spiro atoms. The Morgan fingerprint density at radius 1 is 1.02 bits per heavy atom. The summed E-state index contributed by atoms with van der Waals surface area (Å²) in [7, 11) is 0. The molecule has 1 aliphatic heterocycles. The van der Waals surface area contributed by atoms with Gasteiger partial charge in [-0.25, -0.2) is 9.97 Å². The molecule has 1 amide bonds. The summed E-state index contributed by atoms with van der Waals surface area (Å²) in [6.07, 6.45) is 2.59. The predicted octanol–water partition coefficient (Wildman–Crippen LogP) is 4.87. The van der Waals surface area contributed by atoms with Crippen LogP contribution in [-0.4, -0.2) is 65.9 Å². The van der Waals surface area contributed by atoms with E-state index in [1.807, 2.05) is 67.6 Å². The van der Waals surface area contributed by atoms with Crippen molar-refractivity contribution < 1.29 is 14.3 Å². The number of ketones is 1. The van der Waals surface area contributed by atoms with E-state index in [0.29, 0.717) is 55.7 Å². The van der Waals surface area contributed by atoms with E-state index in [9.17, 15) is 9.59 Å². The van der Waals surface area contributed by atoms with Crippen LogP contribution in [0.1, 0.15) is 44.4 Å². The van der Waals surface area contributed by atoms with Crippen LogP contribution in [0.25, 0.3) is 11.4 Å². The third-order valence-corrected chi connectivity index (χ3v) is 7.38. The van der Waals surface area contributed by atoms with Crippen molar-refractivity contribution in [1.29, 1.82) is 0 Å². The first-order valence-corrected chi connectivity index (χ1v) is 14.3. The van der Waals surface area contributed by atoms with Crippen LogP contribution >= 0.6 is 11.6 Å². The van der Waals surface area contributed by atoms with E-state index in [4.69, 9.17) is 21.3 Å². The largest absolute Gasteiger partial charge is 0.370 e. The highest BCUT2D eigenvalue weighted by molar-refractivity contribution is 6.30. The number of likely N-dealkylation sites (tertiary alicyclic amines) is 1. The Balaban J connectivity index is 1.35. The number of halogens is 1. The summed E-state index contributed by atoms with van der Waals surface area (Å²) in [6, 6.07) is 19.6. The Kier molecular flexibility index (Phi) is 10.6. The number of amides is 1. The van der Waals surface area contributed by atoms with Crippen molar-refractivity contribution in [3.63, 3.8) is 0 Å². The van der Waals surface area contributed by atoms with Gasteiger partial charge in [-0.3, -0.25) is 14.5 Å². The fraction of sp³-hybridized carbons (Fsp3) is 0.419. The molecule has 0 bridgehead atoms. The summed E-state index contributed by atoms with van der Waals surface area (Å²) >= 11 is 6.10. The average molecular weight is 564 g/mol. The molecule has 1 aliphatic rings. The number of aryl methyl sites for hydroxylation is 1. The van der Waals surface area contributed by atoms with Gasteiger partial charge in [0.05, 0.1) is 12.1 Å². The molecule has 1 fully saturated rings. The molecule has 1 saturated heterocycles. The lowest BCUT2D eigenvalue weighted by atomic mass is 9.84. The molecule has 1 aromatic heterocycles. The highest BCUT2D eigenvalue weighted by Gasteiger charge is 2.37. The van der Waals surface area contributed by atoms with Crippen LogP contribution in [0.3, 0.4) is 0 Å². The Bertz CT molecular complexity index is 1260. The second-order valence-corrected chi connectivity index (χ2v) is 10.5. The van der Waals surface area contributed by atoms with Gasteiger partial charge in [-0.15, -0.1) is 0 Å². The molecule has 0 saturated carbocycles. The van der Waals surface area contributed by atoms with Crippen LogP contribution in [0.2, 0.25) is 5.02 Å². The number of benzene rings is 2. The molecular weight excluding hydrogens is 526 g/mol. The fourth-order valence-corrected chi connectivity index (χ4v) is 5.20. The Morgan fingerprint density at radius 3 is 2.42 bits per heavy atom. The normalized spacial score (nSPS) is 15.0. The van der Waals surface area contributed by atoms with Crippen molar-refractivity contribution in [2.24, 2.45) is 0 Å². The van der Waals surface area contributed by atoms with Crippen molar-refractivity contribution in [3.8, 4) is 11.4 Å². The molecule has 2 N–H and O–H groups in total. The van der Waals surface area contributed by atoms with E-state index in [0.717, 1.165) is 42.8 Å². The minimum Gasteiger partial charge on any atom is -0.370 e. The maximum atomic E-state index is 13.0. The van der Waals surface area contributed by atoms with E-state index in [-0.39, 0.29) is 17.3 Å². The van der Waals surface area contributed by atoms with E-state index in [1.165, 1.54) is 6.92 Å². The van der Waals surface area contributed by atoms with Gasteiger partial charge in [0.25, 0.3) is 0 Å². The van der Waals surface area contributed by atoms with Crippen LogP contribution in [0.4, 0.5) is 5.82 Å². The van der Waals surface area contributed by atoms with E-state index in [1.54, 1.807) is 0 Å². The summed E-state index contributed by atoms with van der Waals surface area (Å²) in [5.41, 5.74) is 2.52. The molecule has 40 heavy (non-hydrogen) atoms. The Hall–Kier alpha value is -3.33. The third kappa shape index (κ3) is 8.34. The number of hydrogen-bond acceptors (Lipinski definition) is 7. The number of ether oxygens (including phenoxy) is 1. The summed E-state index contributed by atoms with van der Waals surface area (Å²) in [5.74, 6) is 1.40. The smallest absolute Gasteiger partial charge is 0.216 e. The minimum atomic E-state index is -0.336. The molecule has 9 heteroatoms. The van der Waals surface area contributed by atoms with Crippen LogP contribution in [0.15, 0.2) is 60.7 Å². The lowest BCUT2D eigenvalue weighted by Crippen LogP contribution is -2.45.